The average molecular weight is 274 g/mol. The summed E-state index contributed by atoms with van der Waals surface area (Å²) in [6.45, 7) is 0. The number of rotatable bonds is 3. The first-order valence-corrected chi connectivity index (χ1v) is 5.24. The van der Waals surface area contributed by atoms with Gasteiger partial charge in [0.05, 0.1) is 13.2 Å². The first-order chi connectivity index (χ1) is 8.15. The summed E-state index contributed by atoms with van der Waals surface area (Å²) in [7, 11) is 1.55. The molecule has 0 amide bonds. The number of nitrogens with two attached hydrogens (primary N) is 1. The van der Waals surface area contributed by atoms with E-state index in [1.807, 2.05) is 12.1 Å². The van der Waals surface area contributed by atoms with Crippen molar-refractivity contribution in [1.29, 1.82) is 0 Å². The Morgan fingerprint density at radius 2 is 1.67 bits per heavy atom. The molecule has 0 unspecified atom stereocenters. The fourth-order valence-corrected chi connectivity index (χ4v) is 1.90. The Balaban J connectivity index is 0.00000162. The van der Waals surface area contributed by atoms with Crippen molar-refractivity contribution in [3.63, 3.8) is 0 Å². The standard InChI is InChI=1S/C13H13F2NO.ClH/c1-17-11-7-6-10(12(16)13(14)15)8-4-2-3-5-9(8)11;/h2-7,12-13H,16H2,1H3;1H/t12-;/m1./s1. The molecule has 0 aliphatic heterocycles. The highest BCUT2D eigenvalue weighted by Gasteiger charge is 2.20. The molecule has 0 aliphatic carbocycles. The number of alkyl halides is 2. The highest BCUT2D eigenvalue weighted by atomic mass is 35.5. The van der Waals surface area contributed by atoms with E-state index in [0.717, 1.165) is 5.39 Å². The summed E-state index contributed by atoms with van der Waals surface area (Å²) in [4.78, 5) is 0. The van der Waals surface area contributed by atoms with Gasteiger partial charge in [-0.05, 0) is 17.0 Å². The van der Waals surface area contributed by atoms with Gasteiger partial charge in [-0.25, -0.2) is 8.78 Å². The van der Waals surface area contributed by atoms with E-state index in [1.54, 1.807) is 31.4 Å². The maximum atomic E-state index is 12.7. The molecule has 1 atom stereocenters. The van der Waals surface area contributed by atoms with Crippen LogP contribution in [-0.2, 0) is 0 Å². The van der Waals surface area contributed by atoms with E-state index in [9.17, 15) is 8.78 Å². The van der Waals surface area contributed by atoms with Crippen molar-refractivity contribution in [3.05, 3.63) is 42.0 Å². The third-order valence-corrected chi connectivity index (χ3v) is 2.77. The largest absolute Gasteiger partial charge is 0.496 e. The minimum absolute atomic E-state index is 0. The molecule has 2 N–H and O–H groups in total. The molecule has 2 rings (SSSR count). The number of benzene rings is 2. The molecular formula is C13H14ClF2NO. The zero-order valence-electron chi connectivity index (χ0n) is 9.77. The Hall–Kier alpha value is -1.39. The van der Waals surface area contributed by atoms with Crippen LogP contribution in [0, 0.1) is 0 Å². The van der Waals surface area contributed by atoms with Gasteiger partial charge in [0.2, 0.25) is 0 Å². The molecule has 18 heavy (non-hydrogen) atoms. The van der Waals surface area contributed by atoms with E-state index in [2.05, 4.69) is 0 Å². The van der Waals surface area contributed by atoms with Crippen LogP contribution in [0.2, 0.25) is 0 Å². The van der Waals surface area contributed by atoms with Crippen molar-refractivity contribution in [2.45, 2.75) is 12.5 Å². The van der Waals surface area contributed by atoms with Crippen LogP contribution in [0.5, 0.6) is 5.75 Å². The molecule has 0 fully saturated rings. The van der Waals surface area contributed by atoms with E-state index in [4.69, 9.17) is 10.5 Å². The highest BCUT2D eigenvalue weighted by Crippen LogP contribution is 2.32. The second-order valence-corrected chi connectivity index (χ2v) is 3.76. The van der Waals surface area contributed by atoms with Crippen molar-refractivity contribution in [3.8, 4) is 5.75 Å². The van der Waals surface area contributed by atoms with E-state index in [-0.39, 0.29) is 12.4 Å². The summed E-state index contributed by atoms with van der Waals surface area (Å²) in [5.41, 5.74) is 5.95. The molecule has 0 spiro atoms. The monoisotopic (exact) mass is 273 g/mol. The zero-order chi connectivity index (χ0) is 12.4. The molecule has 2 nitrogen and oxygen atoms in total. The van der Waals surface area contributed by atoms with Crippen LogP contribution < -0.4 is 10.5 Å². The third-order valence-electron chi connectivity index (χ3n) is 2.77. The summed E-state index contributed by atoms with van der Waals surface area (Å²) in [6, 6.07) is 9.22. The van der Waals surface area contributed by atoms with Crippen LogP contribution in [0.4, 0.5) is 8.78 Å². The second-order valence-electron chi connectivity index (χ2n) is 3.76. The van der Waals surface area contributed by atoms with Gasteiger partial charge in [-0.1, -0.05) is 30.3 Å². The number of fused-ring (bicyclic) bond motifs is 1. The lowest BCUT2D eigenvalue weighted by Crippen LogP contribution is -2.19. The van der Waals surface area contributed by atoms with Crippen LogP contribution in [0.1, 0.15) is 11.6 Å². The van der Waals surface area contributed by atoms with Crippen molar-refractivity contribution in [1.82, 2.24) is 0 Å². The molecule has 0 saturated heterocycles. The van der Waals surface area contributed by atoms with E-state index < -0.39 is 12.5 Å². The molecule has 0 bridgehead atoms. The molecule has 5 heteroatoms. The Kier molecular flexibility index (Phi) is 4.87. The fraction of sp³-hybridized carbons (Fsp3) is 0.231. The predicted molar refractivity (Wildman–Crippen MR) is 70.7 cm³/mol. The second kappa shape index (κ2) is 5.98. The number of halogens is 3. The summed E-state index contributed by atoms with van der Waals surface area (Å²) in [6.07, 6.45) is -2.58. The third kappa shape index (κ3) is 2.54. The fourth-order valence-electron chi connectivity index (χ4n) is 1.90. The van der Waals surface area contributed by atoms with Gasteiger partial charge < -0.3 is 10.5 Å². The average Bonchev–Trinajstić information content (AvgIpc) is 2.36. The molecule has 0 heterocycles. The van der Waals surface area contributed by atoms with Crippen molar-refractivity contribution in [2.75, 3.05) is 7.11 Å². The lowest BCUT2D eigenvalue weighted by molar-refractivity contribution is 0.117. The van der Waals surface area contributed by atoms with Gasteiger partial charge in [0.25, 0.3) is 6.43 Å². The first kappa shape index (κ1) is 14.7. The molecule has 0 radical (unpaired) electrons. The van der Waals surface area contributed by atoms with Gasteiger partial charge in [0.1, 0.15) is 5.75 Å². The summed E-state index contributed by atoms with van der Waals surface area (Å²) in [5.74, 6) is 0.658. The SMILES string of the molecule is COc1ccc([C@@H](N)C(F)F)c2ccccc12.Cl. The topological polar surface area (TPSA) is 35.2 Å². The highest BCUT2D eigenvalue weighted by molar-refractivity contribution is 5.91. The summed E-state index contributed by atoms with van der Waals surface area (Å²) in [5, 5.41) is 1.50. The number of hydrogen-bond donors (Lipinski definition) is 1. The summed E-state index contributed by atoms with van der Waals surface area (Å²) >= 11 is 0. The van der Waals surface area contributed by atoms with Gasteiger partial charge in [0.15, 0.2) is 0 Å². The lowest BCUT2D eigenvalue weighted by Gasteiger charge is -2.15. The van der Waals surface area contributed by atoms with E-state index >= 15 is 0 Å². The number of ether oxygens (including phenoxy) is 1. The maximum Gasteiger partial charge on any atom is 0.257 e. The first-order valence-electron chi connectivity index (χ1n) is 5.24. The Morgan fingerprint density at radius 1 is 1.06 bits per heavy atom. The van der Waals surface area contributed by atoms with Gasteiger partial charge >= 0.3 is 0 Å². The Labute approximate surface area is 110 Å². The van der Waals surface area contributed by atoms with Gasteiger partial charge in [-0.2, -0.15) is 0 Å². The van der Waals surface area contributed by atoms with Crippen LogP contribution in [0.3, 0.4) is 0 Å². The maximum absolute atomic E-state index is 12.7. The van der Waals surface area contributed by atoms with E-state index in [1.165, 1.54) is 0 Å². The van der Waals surface area contributed by atoms with Crippen LogP contribution in [0.25, 0.3) is 10.8 Å². The minimum Gasteiger partial charge on any atom is -0.496 e. The molecule has 0 aliphatic rings. The lowest BCUT2D eigenvalue weighted by atomic mass is 9.99. The van der Waals surface area contributed by atoms with Crippen molar-refractivity contribution in [2.24, 2.45) is 5.73 Å². The molecule has 2 aromatic carbocycles. The molecule has 98 valence electrons. The number of methoxy groups -OCH3 is 1. The Bertz CT molecular complexity index is 533. The van der Waals surface area contributed by atoms with Crippen molar-refractivity contribution < 1.29 is 13.5 Å². The molecule has 0 aromatic heterocycles. The summed E-state index contributed by atoms with van der Waals surface area (Å²) < 4.78 is 30.5. The van der Waals surface area contributed by atoms with E-state index in [0.29, 0.717) is 16.7 Å². The molecular weight excluding hydrogens is 260 g/mol. The van der Waals surface area contributed by atoms with Crippen LogP contribution >= 0.6 is 12.4 Å². The van der Waals surface area contributed by atoms with Gasteiger partial charge in [0, 0.05) is 5.39 Å². The zero-order valence-corrected chi connectivity index (χ0v) is 10.6. The van der Waals surface area contributed by atoms with Crippen molar-refractivity contribution >= 4 is 23.2 Å². The quantitative estimate of drug-likeness (QED) is 0.928. The van der Waals surface area contributed by atoms with Gasteiger partial charge in [-0.3, -0.25) is 0 Å². The minimum atomic E-state index is -2.58. The predicted octanol–water partition coefficient (Wildman–Crippen LogP) is 3.54. The molecule has 2 aromatic rings. The van der Waals surface area contributed by atoms with Crippen LogP contribution in [0.15, 0.2) is 36.4 Å². The normalized spacial score (nSPS) is 12.3. The smallest absolute Gasteiger partial charge is 0.257 e. The molecule has 0 saturated carbocycles. The number of hydrogen-bond acceptors (Lipinski definition) is 2. The Morgan fingerprint density at radius 3 is 2.22 bits per heavy atom. The van der Waals surface area contributed by atoms with Gasteiger partial charge in [-0.15, -0.1) is 12.4 Å². The van der Waals surface area contributed by atoms with Crippen LogP contribution in [-0.4, -0.2) is 13.5 Å².